The van der Waals surface area contributed by atoms with Crippen molar-refractivity contribution in [3.63, 3.8) is 0 Å². The summed E-state index contributed by atoms with van der Waals surface area (Å²) in [6.07, 6.45) is 2.74. The molecule has 3 heteroatoms. The van der Waals surface area contributed by atoms with E-state index in [0.717, 1.165) is 12.0 Å². The molecule has 0 amide bonds. The van der Waals surface area contributed by atoms with E-state index in [1.54, 1.807) is 0 Å². The molecule has 1 atom stereocenters. The Kier molecular flexibility index (Phi) is 3.79. The van der Waals surface area contributed by atoms with Gasteiger partial charge >= 0.3 is 0 Å². The van der Waals surface area contributed by atoms with Crippen LogP contribution in [0.4, 0.5) is 0 Å². The van der Waals surface area contributed by atoms with Gasteiger partial charge in [-0.1, -0.05) is 0 Å². The van der Waals surface area contributed by atoms with Crippen LogP contribution in [-0.2, 0) is 0 Å². The number of nitrogens with zero attached hydrogens (tertiary/aromatic N) is 1. The van der Waals surface area contributed by atoms with Crippen LogP contribution in [0.1, 0.15) is 19.8 Å². The molecule has 1 unspecified atom stereocenters. The molecule has 0 spiro atoms. The molecule has 3 nitrogen and oxygen atoms in total. The van der Waals surface area contributed by atoms with Crippen LogP contribution in [0.25, 0.3) is 0 Å². The number of piperidine rings is 1. The van der Waals surface area contributed by atoms with Crippen molar-refractivity contribution < 1.29 is 0 Å². The summed E-state index contributed by atoms with van der Waals surface area (Å²) in [5.74, 6) is 0.941. The lowest BCUT2D eigenvalue weighted by molar-refractivity contribution is 0.136. The number of piperazine rings is 1. The quantitative estimate of drug-likeness (QED) is 0.666. The molecule has 0 aliphatic carbocycles. The van der Waals surface area contributed by atoms with Crippen molar-refractivity contribution in [2.24, 2.45) is 5.92 Å². The molecule has 0 bridgehead atoms. The Morgan fingerprint density at radius 3 is 2.64 bits per heavy atom. The zero-order chi connectivity index (χ0) is 9.80. The van der Waals surface area contributed by atoms with E-state index >= 15 is 0 Å². The van der Waals surface area contributed by atoms with Gasteiger partial charge in [0.25, 0.3) is 0 Å². The number of nitrogens with one attached hydrogen (secondary N) is 2. The van der Waals surface area contributed by atoms with Gasteiger partial charge in [-0.3, -0.25) is 4.90 Å². The first-order valence-electron chi connectivity index (χ1n) is 6.02. The molecule has 2 rings (SSSR count). The van der Waals surface area contributed by atoms with Crippen molar-refractivity contribution in [2.75, 3.05) is 39.3 Å². The summed E-state index contributed by atoms with van der Waals surface area (Å²) in [4.78, 5) is 2.66. The number of hydrogen-bond donors (Lipinski definition) is 2. The van der Waals surface area contributed by atoms with Crippen molar-refractivity contribution in [2.45, 2.75) is 25.8 Å². The minimum Gasteiger partial charge on any atom is -0.317 e. The Labute approximate surface area is 87.2 Å². The standard InChI is InChI=1S/C11H23N3/c1-10-8-13-6-7-14(10)9-11-2-4-12-5-3-11/h10-13H,2-9H2,1H3. The average molecular weight is 197 g/mol. The fourth-order valence-corrected chi connectivity index (χ4v) is 2.55. The van der Waals surface area contributed by atoms with Crippen LogP contribution in [0, 0.1) is 5.92 Å². The minimum absolute atomic E-state index is 0.735. The molecule has 0 saturated carbocycles. The van der Waals surface area contributed by atoms with Crippen LogP contribution in [-0.4, -0.2) is 50.2 Å². The van der Waals surface area contributed by atoms with Crippen LogP contribution in [0.2, 0.25) is 0 Å². The molecular formula is C11H23N3. The summed E-state index contributed by atoms with van der Waals surface area (Å²) in [6, 6.07) is 0.735. The topological polar surface area (TPSA) is 27.3 Å². The first-order valence-corrected chi connectivity index (χ1v) is 6.02. The lowest BCUT2D eigenvalue weighted by Gasteiger charge is -2.37. The van der Waals surface area contributed by atoms with Gasteiger partial charge in [0.2, 0.25) is 0 Å². The number of hydrogen-bond acceptors (Lipinski definition) is 3. The Morgan fingerprint density at radius 1 is 1.14 bits per heavy atom. The van der Waals surface area contributed by atoms with Crippen molar-refractivity contribution in [1.29, 1.82) is 0 Å². The molecule has 82 valence electrons. The van der Waals surface area contributed by atoms with Gasteiger partial charge in [-0.2, -0.15) is 0 Å². The smallest absolute Gasteiger partial charge is 0.0193 e. The van der Waals surface area contributed by atoms with E-state index in [4.69, 9.17) is 0 Å². The van der Waals surface area contributed by atoms with Crippen molar-refractivity contribution >= 4 is 0 Å². The van der Waals surface area contributed by atoms with Crippen molar-refractivity contribution in [3.05, 3.63) is 0 Å². The van der Waals surface area contributed by atoms with Crippen LogP contribution in [0.5, 0.6) is 0 Å². The Balaban J connectivity index is 1.76. The van der Waals surface area contributed by atoms with Gasteiger partial charge in [-0.05, 0) is 38.8 Å². The van der Waals surface area contributed by atoms with E-state index < -0.39 is 0 Å². The summed E-state index contributed by atoms with van der Waals surface area (Å²) in [5.41, 5.74) is 0. The second-order valence-corrected chi connectivity index (χ2v) is 4.74. The SMILES string of the molecule is CC1CNCCN1CC1CCNCC1. The molecule has 14 heavy (non-hydrogen) atoms. The van der Waals surface area contributed by atoms with Crippen LogP contribution >= 0.6 is 0 Å². The molecule has 2 aliphatic rings. The highest BCUT2D eigenvalue weighted by atomic mass is 15.2. The molecular weight excluding hydrogens is 174 g/mol. The molecule has 2 aliphatic heterocycles. The normalized spacial score (nSPS) is 31.9. The van der Waals surface area contributed by atoms with E-state index in [1.165, 1.54) is 52.1 Å². The summed E-state index contributed by atoms with van der Waals surface area (Å²) >= 11 is 0. The van der Waals surface area contributed by atoms with Gasteiger partial charge in [0, 0.05) is 32.2 Å². The van der Waals surface area contributed by atoms with Crippen LogP contribution in [0.3, 0.4) is 0 Å². The largest absolute Gasteiger partial charge is 0.317 e. The lowest BCUT2D eigenvalue weighted by atomic mass is 9.96. The second-order valence-electron chi connectivity index (χ2n) is 4.74. The Bertz CT molecular complexity index is 166. The molecule has 2 heterocycles. The molecule has 0 aromatic rings. The highest BCUT2D eigenvalue weighted by Gasteiger charge is 2.22. The lowest BCUT2D eigenvalue weighted by Crippen LogP contribution is -2.51. The summed E-state index contributed by atoms with van der Waals surface area (Å²) in [5, 5.41) is 6.88. The van der Waals surface area contributed by atoms with Crippen LogP contribution < -0.4 is 10.6 Å². The third-order valence-electron chi connectivity index (χ3n) is 3.59. The monoisotopic (exact) mass is 197 g/mol. The number of rotatable bonds is 2. The van der Waals surface area contributed by atoms with E-state index in [2.05, 4.69) is 22.5 Å². The molecule has 0 aromatic carbocycles. The fraction of sp³-hybridized carbons (Fsp3) is 1.00. The first kappa shape index (κ1) is 10.4. The third kappa shape index (κ3) is 2.69. The van der Waals surface area contributed by atoms with Gasteiger partial charge in [0.15, 0.2) is 0 Å². The third-order valence-corrected chi connectivity index (χ3v) is 3.59. The van der Waals surface area contributed by atoms with Gasteiger partial charge in [-0.15, -0.1) is 0 Å². The van der Waals surface area contributed by atoms with Crippen LogP contribution in [0.15, 0.2) is 0 Å². The maximum absolute atomic E-state index is 3.45. The molecule has 0 radical (unpaired) electrons. The van der Waals surface area contributed by atoms with Gasteiger partial charge in [0.05, 0.1) is 0 Å². The van der Waals surface area contributed by atoms with Crippen molar-refractivity contribution in [1.82, 2.24) is 15.5 Å². The minimum atomic E-state index is 0.735. The van der Waals surface area contributed by atoms with E-state index in [-0.39, 0.29) is 0 Å². The molecule has 2 fully saturated rings. The maximum Gasteiger partial charge on any atom is 0.0193 e. The van der Waals surface area contributed by atoms with Gasteiger partial charge in [-0.25, -0.2) is 0 Å². The highest BCUT2D eigenvalue weighted by molar-refractivity contribution is 4.80. The predicted octanol–water partition coefficient (Wildman–Crippen LogP) is 0.280. The predicted molar refractivity (Wildman–Crippen MR) is 59.5 cm³/mol. The average Bonchev–Trinajstić information content (AvgIpc) is 2.23. The van der Waals surface area contributed by atoms with E-state index in [9.17, 15) is 0 Å². The zero-order valence-electron chi connectivity index (χ0n) is 9.26. The Hall–Kier alpha value is -0.120. The van der Waals surface area contributed by atoms with E-state index in [0.29, 0.717) is 0 Å². The summed E-state index contributed by atoms with van der Waals surface area (Å²) in [7, 11) is 0. The molecule has 2 N–H and O–H groups in total. The molecule has 0 aromatic heterocycles. The second kappa shape index (κ2) is 5.10. The molecule has 2 saturated heterocycles. The maximum atomic E-state index is 3.45. The zero-order valence-corrected chi connectivity index (χ0v) is 9.26. The van der Waals surface area contributed by atoms with E-state index in [1.807, 2.05) is 0 Å². The van der Waals surface area contributed by atoms with Crippen molar-refractivity contribution in [3.8, 4) is 0 Å². The van der Waals surface area contributed by atoms with Gasteiger partial charge in [0.1, 0.15) is 0 Å². The van der Waals surface area contributed by atoms with Gasteiger partial charge < -0.3 is 10.6 Å². The fourth-order valence-electron chi connectivity index (χ4n) is 2.55. The first-order chi connectivity index (χ1) is 6.86. The summed E-state index contributed by atoms with van der Waals surface area (Å²) in [6.45, 7) is 9.71. The highest BCUT2D eigenvalue weighted by Crippen LogP contribution is 2.15. The Morgan fingerprint density at radius 2 is 1.93 bits per heavy atom. The summed E-state index contributed by atoms with van der Waals surface area (Å²) < 4.78 is 0.